The molecule has 0 saturated carbocycles. The smallest absolute Gasteiger partial charge is 0.255 e. The number of aromatic nitrogens is 1. The number of hydrogen-bond acceptors (Lipinski definition) is 3. The SMILES string of the molecule is CC(C)(C)NCc1ccnc(NCC(F)F)c1F. The van der Waals surface area contributed by atoms with Crippen molar-refractivity contribution in [2.75, 3.05) is 11.9 Å². The summed E-state index contributed by atoms with van der Waals surface area (Å²) in [6.07, 6.45) is -1.14. The van der Waals surface area contributed by atoms with Gasteiger partial charge in [0.2, 0.25) is 0 Å². The average molecular weight is 261 g/mol. The van der Waals surface area contributed by atoms with Crippen molar-refractivity contribution in [3.63, 3.8) is 0 Å². The van der Waals surface area contributed by atoms with Crippen LogP contribution in [0, 0.1) is 5.82 Å². The van der Waals surface area contributed by atoms with E-state index >= 15 is 0 Å². The Balaban J connectivity index is 2.72. The summed E-state index contributed by atoms with van der Waals surface area (Å²) in [6, 6.07) is 1.53. The number of halogens is 3. The third kappa shape index (κ3) is 4.91. The fraction of sp³-hybridized carbons (Fsp3) is 0.583. The van der Waals surface area contributed by atoms with E-state index in [2.05, 4.69) is 15.6 Å². The van der Waals surface area contributed by atoms with Crippen LogP contribution < -0.4 is 10.6 Å². The zero-order valence-electron chi connectivity index (χ0n) is 10.7. The molecule has 0 spiro atoms. The lowest BCUT2D eigenvalue weighted by Crippen LogP contribution is -2.35. The molecular weight excluding hydrogens is 243 g/mol. The maximum absolute atomic E-state index is 13.9. The molecule has 3 nitrogen and oxygen atoms in total. The van der Waals surface area contributed by atoms with Crippen LogP contribution in [0.2, 0.25) is 0 Å². The highest BCUT2D eigenvalue weighted by atomic mass is 19.3. The lowest BCUT2D eigenvalue weighted by molar-refractivity contribution is 0.163. The van der Waals surface area contributed by atoms with E-state index in [1.54, 1.807) is 0 Å². The monoisotopic (exact) mass is 261 g/mol. The van der Waals surface area contributed by atoms with Crippen LogP contribution in [-0.4, -0.2) is 23.5 Å². The second-order valence-corrected chi connectivity index (χ2v) is 5.01. The van der Waals surface area contributed by atoms with Gasteiger partial charge in [0.25, 0.3) is 6.43 Å². The second kappa shape index (κ2) is 6.04. The van der Waals surface area contributed by atoms with Crippen molar-refractivity contribution in [3.05, 3.63) is 23.6 Å². The molecule has 102 valence electrons. The molecular formula is C12H18F3N3. The van der Waals surface area contributed by atoms with Gasteiger partial charge in [-0.05, 0) is 26.8 Å². The van der Waals surface area contributed by atoms with Gasteiger partial charge in [0.15, 0.2) is 11.6 Å². The van der Waals surface area contributed by atoms with Crippen molar-refractivity contribution < 1.29 is 13.2 Å². The summed E-state index contributed by atoms with van der Waals surface area (Å²) < 4.78 is 38.0. The lowest BCUT2D eigenvalue weighted by Gasteiger charge is -2.21. The minimum Gasteiger partial charge on any atom is -0.362 e. The summed E-state index contributed by atoms with van der Waals surface area (Å²) in [4.78, 5) is 3.71. The van der Waals surface area contributed by atoms with Gasteiger partial charge >= 0.3 is 0 Å². The molecule has 0 radical (unpaired) electrons. The fourth-order valence-corrected chi connectivity index (χ4v) is 1.28. The predicted molar refractivity (Wildman–Crippen MR) is 65.3 cm³/mol. The molecule has 0 amide bonds. The first-order valence-electron chi connectivity index (χ1n) is 5.70. The number of rotatable bonds is 5. The summed E-state index contributed by atoms with van der Waals surface area (Å²) in [5.41, 5.74) is 0.253. The molecule has 1 rings (SSSR count). The highest BCUT2D eigenvalue weighted by Crippen LogP contribution is 2.16. The molecule has 0 atom stereocenters. The number of alkyl halides is 2. The van der Waals surface area contributed by atoms with Gasteiger partial charge in [-0.25, -0.2) is 18.2 Å². The molecule has 1 aromatic heterocycles. The summed E-state index contributed by atoms with van der Waals surface area (Å²) in [7, 11) is 0. The predicted octanol–water partition coefficient (Wildman–Crippen LogP) is 2.79. The van der Waals surface area contributed by atoms with Crippen LogP contribution in [-0.2, 0) is 6.54 Å². The van der Waals surface area contributed by atoms with Gasteiger partial charge in [-0.1, -0.05) is 0 Å². The zero-order valence-corrected chi connectivity index (χ0v) is 10.7. The maximum atomic E-state index is 13.9. The third-order valence-electron chi connectivity index (χ3n) is 2.20. The molecule has 1 heterocycles. The Hall–Kier alpha value is -1.30. The molecule has 0 aliphatic carbocycles. The Labute approximate surface area is 105 Å². The van der Waals surface area contributed by atoms with Crippen LogP contribution >= 0.6 is 0 Å². The first-order chi connectivity index (χ1) is 8.29. The van der Waals surface area contributed by atoms with E-state index in [1.807, 2.05) is 20.8 Å². The molecule has 0 bridgehead atoms. The number of pyridine rings is 1. The van der Waals surface area contributed by atoms with Crippen LogP contribution in [0.15, 0.2) is 12.3 Å². The first kappa shape index (κ1) is 14.8. The van der Waals surface area contributed by atoms with Crippen molar-refractivity contribution >= 4 is 5.82 Å². The van der Waals surface area contributed by atoms with Crippen molar-refractivity contribution in [1.29, 1.82) is 0 Å². The van der Waals surface area contributed by atoms with E-state index in [-0.39, 0.29) is 11.4 Å². The molecule has 0 aliphatic heterocycles. The lowest BCUT2D eigenvalue weighted by atomic mass is 10.1. The number of anilines is 1. The molecule has 18 heavy (non-hydrogen) atoms. The number of hydrogen-bond donors (Lipinski definition) is 2. The Morgan fingerprint density at radius 3 is 2.56 bits per heavy atom. The summed E-state index contributed by atoms with van der Waals surface area (Å²) in [5.74, 6) is -0.724. The molecule has 2 N–H and O–H groups in total. The van der Waals surface area contributed by atoms with Gasteiger partial charge in [0.1, 0.15) is 0 Å². The summed E-state index contributed by atoms with van der Waals surface area (Å²) >= 11 is 0. The third-order valence-corrected chi connectivity index (χ3v) is 2.20. The summed E-state index contributed by atoms with van der Waals surface area (Å²) in [6.45, 7) is 5.59. The minimum atomic E-state index is -2.54. The van der Waals surface area contributed by atoms with Crippen LogP contribution in [0.4, 0.5) is 19.0 Å². The molecule has 0 unspecified atom stereocenters. The molecule has 6 heteroatoms. The van der Waals surface area contributed by atoms with Gasteiger partial charge in [0, 0.05) is 23.8 Å². The second-order valence-electron chi connectivity index (χ2n) is 5.01. The normalized spacial score (nSPS) is 11.9. The van der Waals surface area contributed by atoms with Gasteiger partial charge in [-0.15, -0.1) is 0 Å². The van der Waals surface area contributed by atoms with Crippen LogP contribution in [0.3, 0.4) is 0 Å². The van der Waals surface area contributed by atoms with Crippen molar-refractivity contribution in [2.45, 2.75) is 39.3 Å². The maximum Gasteiger partial charge on any atom is 0.255 e. The topological polar surface area (TPSA) is 37.0 Å². The van der Waals surface area contributed by atoms with Crippen molar-refractivity contribution in [3.8, 4) is 0 Å². The molecule has 1 aromatic rings. The largest absolute Gasteiger partial charge is 0.362 e. The zero-order chi connectivity index (χ0) is 13.8. The van der Waals surface area contributed by atoms with Gasteiger partial charge < -0.3 is 10.6 Å². The van der Waals surface area contributed by atoms with Gasteiger partial charge in [-0.3, -0.25) is 0 Å². The first-order valence-corrected chi connectivity index (χ1v) is 5.70. The van der Waals surface area contributed by atoms with E-state index in [0.29, 0.717) is 12.1 Å². The van der Waals surface area contributed by atoms with E-state index < -0.39 is 18.8 Å². The Kier molecular flexibility index (Phi) is 4.95. The highest BCUT2D eigenvalue weighted by molar-refractivity contribution is 5.39. The van der Waals surface area contributed by atoms with Crippen LogP contribution in [0.25, 0.3) is 0 Å². The van der Waals surface area contributed by atoms with Gasteiger partial charge in [0.05, 0.1) is 6.54 Å². The summed E-state index contributed by atoms with van der Waals surface area (Å²) in [5, 5.41) is 5.41. The van der Waals surface area contributed by atoms with E-state index in [0.717, 1.165) is 0 Å². The highest BCUT2D eigenvalue weighted by Gasteiger charge is 2.14. The Morgan fingerprint density at radius 1 is 1.33 bits per heavy atom. The number of nitrogens with zero attached hydrogens (tertiary/aromatic N) is 1. The number of nitrogens with one attached hydrogen (secondary N) is 2. The standard InChI is InChI=1S/C12H18F3N3/c1-12(2,3)18-6-8-4-5-16-11(10(8)15)17-7-9(13)14/h4-5,9,18H,6-7H2,1-3H3,(H,16,17). The van der Waals surface area contributed by atoms with Crippen LogP contribution in [0.5, 0.6) is 0 Å². The van der Waals surface area contributed by atoms with E-state index in [4.69, 9.17) is 0 Å². The van der Waals surface area contributed by atoms with E-state index in [9.17, 15) is 13.2 Å². The fourth-order valence-electron chi connectivity index (χ4n) is 1.28. The van der Waals surface area contributed by atoms with Crippen molar-refractivity contribution in [2.24, 2.45) is 0 Å². The Morgan fingerprint density at radius 2 is 2.00 bits per heavy atom. The molecule has 0 saturated heterocycles. The average Bonchev–Trinajstić information content (AvgIpc) is 2.24. The van der Waals surface area contributed by atoms with E-state index in [1.165, 1.54) is 12.3 Å². The molecule has 0 aromatic carbocycles. The molecule has 0 aliphatic rings. The quantitative estimate of drug-likeness (QED) is 0.855. The van der Waals surface area contributed by atoms with Gasteiger partial charge in [-0.2, -0.15) is 0 Å². The van der Waals surface area contributed by atoms with Crippen molar-refractivity contribution in [1.82, 2.24) is 10.3 Å². The Bertz CT molecular complexity index is 389. The molecule has 0 fully saturated rings. The minimum absolute atomic E-state index is 0.136. The van der Waals surface area contributed by atoms with Crippen LogP contribution in [0.1, 0.15) is 26.3 Å².